The molecule has 134 valence electrons. The largest absolute Gasteiger partial charge is 0.318 e. The highest BCUT2D eigenvalue weighted by Gasteiger charge is 2.18. The summed E-state index contributed by atoms with van der Waals surface area (Å²) >= 11 is 6.09. The highest BCUT2D eigenvalue weighted by atomic mass is 35.5. The minimum Gasteiger partial charge on any atom is -0.318 e. The van der Waals surface area contributed by atoms with Crippen LogP contribution in [0.3, 0.4) is 0 Å². The fourth-order valence-electron chi connectivity index (χ4n) is 2.96. The standard InChI is InChI=1S/C21H26ClO2P/c1-17-11-10-15-19(22)20(17)21(23)25(24)16-9-4-2-3-6-12-18-13-7-5-8-14-18/h5,7-8,10-11,13-15,25H,2-4,6,9,12,16H2,1H3. The highest BCUT2D eigenvalue weighted by Crippen LogP contribution is 2.33. The molecule has 2 nitrogen and oxygen atoms in total. The lowest BCUT2D eigenvalue weighted by Gasteiger charge is -2.07. The van der Waals surface area contributed by atoms with Gasteiger partial charge in [-0.25, -0.2) is 0 Å². The van der Waals surface area contributed by atoms with Gasteiger partial charge in [-0.2, -0.15) is 0 Å². The molecule has 2 aromatic carbocycles. The maximum atomic E-state index is 12.4. The molecule has 0 aliphatic carbocycles. The molecule has 0 fully saturated rings. The Labute approximate surface area is 156 Å². The number of carbonyl (C=O) groups excluding carboxylic acids is 1. The number of halogens is 1. The van der Waals surface area contributed by atoms with E-state index in [1.54, 1.807) is 12.1 Å². The lowest BCUT2D eigenvalue weighted by molar-refractivity contribution is 0.107. The van der Waals surface area contributed by atoms with Gasteiger partial charge in [-0.1, -0.05) is 73.3 Å². The van der Waals surface area contributed by atoms with Crippen LogP contribution in [0.25, 0.3) is 0 Å². The van der Waals surface area contributed by atoms with Gasteiger partial charge < -0.3 is 4.57 Å². The molecule has 0 bridgehead atoms. The number of hydrogen-bond donors (Lipinski definition) is 0. The number of carbonyl (C=O) groups is 1. The molecule has 0 saturated carbocycles. The van der Waals surface area contributed by atoms with Crippen molar-refractivity contribution in [2.45, 2.75) is 45.4 Å². The predicted octanol–water partition coefficient (Wildman–Crippen LogP) is 6.54. The minimum absolute atomic E-state index is 0.267. The molecule has 0 amide bonds. The Bertz CT molecular complexity index is 693. The Balaban J connectivity index is 1.64. The third-order valence-electron chi connectivity index (χ3n) is 4.41. The predicted molar refractivity (Wildman–Crippen MR) is 108 cm³/mol. The van der Waals surface area contributed by atoms with E-state index in [2.05, 4.69) is 24.3 Å². The van der Waals surface area contributed by atoms with Crippen LogP contribution in [0.2, 0.25) is 5.02 Å². The summed E-state index contributed by atoms with van der Waals surface area (Å²) in [6.45, 7) is 1.83. The van der Waals surface area contributed by atoms with Crippen molar-refractivity contribution in [3.63, 3.8) is 0 Å². The van der Waals surface area contributed by atoms with E-state index in [0.29, 0.717) is 16.7 Å². The molecule has 0 heterocycles. The van der Waals surface area contributed by atoms with Gasteiger partial charge in [-0.15, -0.1) is 0 Å². The van der Waals surface area contributed by atoms with Crippen LogP contribution in [-0.2, 0) is 11.0 Å². The Kier molecular flexibility index (Phi) is 8.44. The molecule has 2 aromatic rings. The molecule has 0 aromatic heterocycles. The van der Waals surface area contributed by atoms with Crippen molar-refractivity contribution in [1.82, 2.24) is 0 Å². The highest BCUT2D eigenvalue weighted by molar-refractivity contribution is 7.64. The average molecular weight is 377 g/mol. The second-order valence-corrected chi connectivity index (χ2v) is 8.65. The second kappa shape index (κ2) is 10.6. The summed E-state index contributed by atoms with van der Waals surface area (Å²) in [5, 5.41) is 0.407. The zero-order chi connectivity index (χ0) is 18.1. The van der Waals surface area contributed by atoms with E-state index in [1.807, 2.05) is 19.1 Å². The molecule has 1 atom stereocenters. The SMILES string of the molecule is Cc1cccc(Cl)c1C(=O)[PH](=O)CCCCCCCc1ccccc1. The van der Waals surface area contributed by atoms with Crippen LogP contribution in [0.1, 0.15) is 53.6 Å². The summed E-state index contributed by atoms with van der Waals surface area (Å²) in [5.41, 5.74) is 2.36. The Morgan fingerprint density at radius 1 is 0.920 bits per heavy atom. The first kappa shape index (κ1) is 19.9. The molecular weight excluding hydrogens is 351 g/mol. The molecule has 0 spiro atoms. The molecule has 0 saturated heterocycles. The fraction of sp³-hybridized carbons (Fsp3) is 0.381. The minimum atomic E-state index is -2.27. The molecule has 0 aliphatic heterocycles. The molecule has 0 radical (unpaired) electrons. The van der Waals surface area contributed by atoms with E-state index in [0.717, 1.165) is 31.2 Å². The van der Waals surface area contributed by atoms with Crippen molar-refractivity contribution in [1.29, 1.82) is 0 Å². The van der Waals surface area contributed by atoms with E-state index in [4.69, 9.17) is 11.6 Å². The van der Waals surface area contributed by atoms with Crippen LogP contribution < -0.4 is 0 Å². The number of benzene rings is 2. The van der Waals surface area contributed by atoms with E-state index < -0.39 is 7.80 Å². The average Bonchev–Trinajstić information content (AvgIpc) is 2.61. The maximum Gasteiger partial charge on any atom is 0.220 e. The smallest absolute Gasteiger partial charge is 0.220 e. The molecule has 25 heavy (non-hydrogen) atoms. The monoisotopic (exact) mass is 376 g/mol. The Morgan fingerprint density at radius 3 is 2.32 bits per heavy atom. The van der Waals surface area contributed by atoms with Gasteiger partial charge >= 0.3 is 0 Å². The lowest BCUT2D eigenvalue weighted by atomic mass is 10.1. The Hall–Kier alpha value is -1.37. The van der Waals surface area contributed by atoms with Crippen LogP contribution in [0.15, 0.2) is 48.5 Å². The van der Waals surface area contributed by atoms with Gasteiger partial charge in [0.1, 0.15) is 7.80 Å². The maximum absolute atomic E-state index is 12.4. The van der Waals surface area contributed by atoms with E-state index in [1.165, 1.54) is 18.4 Å². The molecule has 4 heteroatoms. The third kappa shape index (κ3) is 6.45. The number of rotatable bonds is 10. The fourth-order valence-corrected chi connectivity index (χ4v) is 4.76. The zero-order valence-corrected chi connectivity index (χ0v) is 16.5. The van der Waals surface area contributed by atoms with E-state index in [9.17, 15) is 9.36 Å². The summed E-state index contributed by atoms with van der Waals surface area (Å²) in [5.74, 6) is 0. The van der Waals surface area contributed by atoms with Crippen LogP contribution in [0.5, 0.6) is 0 Å². The van der Waals surface area contributed by atoms with Gasteiger partial charge in [-0.05, 0) is 43.4 Å². The topological polar surface area (TPSA) is 34.1 Å². The first-order valence-electron chi connectivity index (χ1n) is 8.96. The van der Waals surface area contributed by atoms with E-state index in [-0.39, 0.29) is 5.52 Å². The first-order chi connectivity index (χ1) is 12.1. The van der Waals surface area contributed by atoms with Gasteiger partial charge in [0, 0.05) is 11.7 Å². The first-order valence-corrected chi connectivity index (χ1v) is 11.0. The molecule has 2 rings (SSSR count). The number of hydrogen-bond acceptors (Lipinski definition) is 2. The lowest BCUT2D eigenvalue weighted by Crippen LogP contribution is -2.00. The van der Waals surface area contributed by atoms with Crippen LogP contribution in [-0.4, -0.2) is 11.7 Å². The number of aryl methyl sites for hydroxylation is 2. The molecule has 0 N–H and O–H groups in total. The van der Waals surface area contributed by atoms with Crippen molar-refractivity contribution in [2.24, 2.45) is 0 Å². The van der Waals surface area contributed by atoms with Crippen molar-refractivity contribution in [3.8, 4) is 0 Å². The molecule has 1 unspecified atom stereocenters. The zero-order valence-electron chi connectivity index (χ0n) is 14.8. The summed E-state index contributed by atoms with van der Waals surface area (Å²) in [7, 11) is -2.27. The van der Waals surface area contributed by atoms with Crippen LogP contribution >= 0.6 is 19.4 Å². The van der Waals surface area contributed by atoms with Crippen molar-refractivity contribution in [3.05, 3.63) is 70.2 Å². The van der Waals surface area contributed by atoms with E-state index >= 15 is 0 Å². The van der Waals surface area contributed by atoms with Gasteiger partial charge in [0.15, 0.2) is 0 Å². The molecule has 0 aliphatic rings. The van der Waals surface area contributed by atoms with Crippen molar-refractivity contribution in [2.75, 3.05) is 6.16 Å². The summed E-state index contributed by atoms with van der Waals surface area (Å²) in [6, 6.07) is 15.8. The van der Waals surface area contributed by atoms with Crippen LogP contribution in [0.4, 0.5) is 0 Å². The van der Waals surface area contributed by atoms with Gasteiger partial charge in [-0.3, -0.25) is 4.79 Å². The van der Waals surface area contributed by atoms with Crippen molar-refractivity contribution >= 4 is 24.9 Å². The van der Waals surface area contributed by atoms with Crippen molar-refractivity contribution < 1.29 is 9.36 Å². The normalized spacial score (nSPS) is 12.1. The van der Waals surface area contributed by atoms with Crippen LogP contribution in [0, 0.1) is 6.92 Å². The van der Waals surface area contributed by atoms with Gasteiger partial charge in [0.2, 0.25) is 5.52 Å². The third-order valence-corrected chi connectivity index (χ3v) is 6.29. The Morgan fingerprint density at radius 2 is 1.60 bits per heavy atom. The second-order valence-electron chi connectivity index (χ2n) is 6.44. The molecular formula is C21H26ClO2P. The van der Waals surface area contributed by atoms with Gasteiger partial charge in [0.25, 0.3) is 0 Å². The van der Waals surface area contributed by atoms with Gasteiger partial charge in [0.05, 0.1) is 5.02 Å². The summed E-state index contributed by atoms with van der Waals surface area (Å²) in [6.07, 6.45) is 6.96. The summed E-state index contributed by atoms with van der Waals surface area (Å²) in [4.78, 5) is 12.4. The number of unbranched alkanes of at least 4 members (excludes halogenated alkanes) is 4. The summed E-state index contributed by atoms with van der Waals surface area (Å²) < 4.78 is 12.3. The quantitative estimate of drug-likeness (QED) is 0.348.